The van der Waals surface area contributed by atoms with Crippen molar-refractivity contribution in [2.24, 2.45) is 0 Å². The number of hydrogen-bond donors (Lipinski definition) is 1. The van der Waals surface area contributed by atoms with Crippen molar-refractivity contribution < 1.29 is 27.4 Å². The Morgan fingerprint density at radius 3 is 2.47 bits per heavy atom. The van der Waals surface area contributed by atoms with Crippen molar-refractivity contribution in [2.75, 3.05) is 38.7 Å². The highest BCUT2D eigenvalue weighted by molar-refractivity contribution is 7.89. The van der Waals surface area contributed by atoms with Crippen LogP contribution in [0.5, 0.6) is 11.5 Å². The Balaban J connectivity index is 1.80. The minimum Gasteiger partial charge on any atom is -0.495 e. The van der Waals surface area contributed by atoms with Gasteiger partial charge in [0.15, 0.2) is 6.10 Å². The zero-order valence-corrected chi connectivity index (χ0v) is 19.7. The van der Waals surface area contributed by atoms with E-state index in [4.69, 9.17) is 14.2 Å². The molecule has 2 aromatic carbocycles. The van der Waals surface area contributed by atoms with E-state index in [-0.39, 0.29) is 29.6 Å². The molecule has 8 nitrogen and oxygen atoms in total. The molecule has 0 aromatic heterocycles. The molecule has 1 amide bonds. The Morgan fingerprint density at radius 1 is 1.12 bits per heavy atom. The molecule has 1 saturated heterocycles. The molecule has 1 aliphatic rings. The summed E-state index contributed by atoms with van der Waals surface area (Å²) in [6.45, 7) is 7.06. The van der Waals surface area contributed by atoms with Crippen LogP contribution in [0, 0.1) is 13.8 Å². The SMILES string of the molecule is CC[C@@H](Oc1ccc(C)c(C)c1)C(=O)Nc1ccc(OC)c(S(=O)(=O)N2CCOCC2)c1. The molecule has 0 aliphatic carbocycles. The van der Waals surface area contributed by atoms with Crippen molar-refractivity contribution in [3.05, 3.63) is 47.5 Å². The lowest BCUT2D eigenvalue weighted by atomic mass is 10.1. The number of carbonyl (C=O) groups is 1. The molecule has 1 heterocycles. The molecule has 32 heavy (non-hydrogen) atoms. The number of nitrogens with zero attached hydrogens (tertiary/aromatic N) is 1. The van der Waals surface area contributed by atoms with Crippen LogP contribution in [0.25, 0.3) is 0 Å². The Bertz CT molecular complexity index is 1060. The Hall–Kier alpha value is -2.62. The van der Waals surface area contributed by atoms with Crippen LogP contribution in [0.4, 0.5) is 5.69 Å². The smallest absolute Gasteiger partial charge is 0.265 e. The Kier molecular flexibility index (Phi) is 7.76. The van der Waals surface area contributed by atoms with Crippen LogP contribution < -0.4 is 14.8 Å². The predicted molar refractivity (Wildman–Crippen MR) is 122 cm³/mol. The molecule has 9 heteroatoms. The molecule has 2 aromatic rings. The molecule has 1 N–H and O–H groups in total. The first-order valence-electron chi connectivity index (χ1n) is 10.6. The molecule has 1 aliphatic heterocycles. The van der Waals surface area contributed by atoms with Gasteiger partial charge in [-0.3, -0.25) is 4.79 Å². The molecule has 1 fully saturated rings. The number of hydrogen-bond acceptors (Lipinski definition) is 6. The minimum atomic E-state index is -3.80. The highest BCUT2D eigenvalue weighted by Gasteiger charge is 2.30. The van der Waals surface area contributed by atoms with Crippen LogP contribution in [0.1, 0.15) is 24.5 Å². The molecule has 0 saturated carbocycles. The van der Waals surface area contributed by atoms with E-state index in [1.165, 1.54) is 23.5 Å². The highest BCUT2D eigenvalue weighted by atomic mass is 32.2. The standard InChI is InChI=1S/C23H30N2O6S/c1-5-20(31-19-8-6-16(2)17(3)14-19)23(26)24-18-7-9-21(29-4)22(15-18)32(27,28)25-10-12-30-13-11-25/h6-9,14-15,20H,5,10-13H2,1-4H3,(H,24,26)/t20-/m1/s1. The van der Waals surface area contributed by atoms with Gasteiger partial charge in [0.05, 0.1) is 20.3 Å². The number of carbonyl (C=O) groups excluding carboxylic acids is 1. The first kappa shape index (κ1) is 24.0. The fourth-order valence-electron chi connectivity index (χ4n) is 3.38. The third kappa shape index (κ3) is 5.40. The molecular formula is C23H30N2O6S. The third-order valence-corrected chi connectivity index (χ3v) is 7.36. The summed E-state index contributed by atoms with van der Waals surface area (Å²) in [5.41, 5.74) is 2.57. The summed E-state index contributed by atoms with van der Waals surface area (Å²) < 4.78 is 44.1. The summed E-state index contributed by atoms with van der Waals surface area (Å²) in [5.74, 6) is 0.471. The average molecular weight is 463 g/mol. The molecule has 0 radical (unpaired) electrons. The molecule has 174 valence electrons. The fourth-order valence-corrected chi connectivity index (χ4v) is 4.97. The van der Waals surface area contributed by atoms with Crippen LogP contribution in [-0.2, 0) is 19.6 Å². The number of anilines is 1. The van der Waals surface area contributed by atoms with Gasteiger partial charge in [-0.15, -0.1) is 0 Å². The van der Waals surface area contributed by atoms with Crippen molar-refractivity contribution in [3.63, 3.8) is 0 Å². The molecule has 1 atom stereocenters. The lowest BCUT2D eigenvalue weighted by molar-refractivity contribution is -0.122. The van der Waals surface area contributed by atoms with E-state index in [0.29, 0.717) is 31.1 Å². The van der Waals surface area contributed by atoms with Gasteiger partial charge in [0.1, 0.15) is 16.4 Å². The average Bonchev–Trinajstić information content (AvgIpc) is 2.80. The highest BCUT2D eigenvalue weighted by Crippen LogP contribution is 2.30. The van der Waals surface area contributed by atoms with E-state index in [9.17, 15) is 13.2 Å². The maximum atomic E-state index is 13.1. The van der Waals surface area contributed by atoms with E-state index < -0.39 is 16.1 Å². The van der Waals surface area contributed by atoms with Gasteiger partial charge < -0.3 is 19.5 Å². The summed E-state index contributed by atoms with van der Waals surface area (Å²) in [4.78, 5) is 12.9. The maximum absolute atomic E-state index is 13.1. The summed E-state index contributed by atoms with van der Waals surface area (Å²) in [5, 5.41) is 2.78. The largest absolute Gasteiger partial charge is 0.495 e. The molecular weight excluding hydrogens is 432 g/mol. The second kappa shape index (κ2) is 10.3. The number of ether oxygens (including phenoxy) is 3. The van der Waals surface area contributed by atoms with Crippen molar-refractivity contribution in [1.29, 1.82) is 0 Å². The van der Waals surface area contributed by atoms with E-state index in [1.54, 1.807) is 6.07 Å². The second-order valence-corrected chi connectivity index (χ2v) is 9.54. The Morgan fingerprint density at radius 2 is 1.84 bits per heavy atom. The zero-order chi connectivity index (χ0) is 23.3. The van der Waals surface area contributed by atoms with Crippen LogP contribution in [0.3, 0.4) is 0 Å². The first-order chi connectivity index (χ1) is 15.3. The predicted octanol–water partition coefficient (Wildman–Crippen LogP) is 3.13. The first-order valence-corrected chi connectivity index (χ1v) is 12.0. The van der Waals surface area contributed by atoms with Gasteiger partial charge in [0, 0.05) is 18.8 Å². The number of nitrogens with one attached hydrogen (secondary N) is 1. The number of rotatable bonds is 8. The number of aryl methyl sites for hydroxylation is 2. The van der Waals surface area contributed by atoms with Crippen molar-refractivity contribution >= 4 is 21.6 Å². The van der Waals surface area contributed by atoms with E-state index in [0.717, 1.165) is 11.1 Å². The quantitative estimate of drug-likeness (QED) is 0.648. The summed E-state index contributed by atoms with van der Waals surface area (Å²) in [6.07, 6.45) is -0.271. The second-order valence-electron chi connectivity index (χ2n) is 7.63. The van der Waals surface area contributed by atoms with Gasteiger partial charge in [-0.1, -0.05) is 13.0 Å². The lowest BCUT2D eigenvalue weighted by Gasteiger charge is -2.27. The van der Waals surface area contributed by atoms with Crippen LogP contribution in [0.2, 0.25) is 0 Å². The van der Waals surface area contributed by atoms with E-state index in [1.807, 2.05) is 39.0 Å². The summed E-state index contributed by atoms with van der Waals surface area (Å²) >= 11 is 0. The minimum absolute atomic E-state index is 0.00262. The van der Waals surface area contributed by atoms with Crippen LogP contribution in [0.15, 0.2) is 41.3 Å². The van der Waals surface area contributed by atoms with Crippen molar-refractivity contribution in [1.82, 2.24) is 4.31 Å². The third-order valence-electron chi connectivity index (χ3n) is 5.44. The van der Waals surface area contributed by atoms with Gasteiger partial charge in [0.2, 0.25) is 10.0 Å². The maximum Gasteiger partial charge on any atom is 0.265 e. The number of morpholine rings is 1. The number of sulfonamides is 1. The van der Waals surface area contributed by atoms with Crippen molar-refractivity contribution in [2.45, 2.75) is 38.2 Å². The number of benzene rings is 2. The zero-order valence-electron chi connectivity index (χ0n) is 18.9. The van der Waals surface area contributed by atoms with Crippen LogP contribution >= 0.6 is 0 Å². The summed E-state index contributed by atoms with van der Waals surface area (Å²) in [6, 6.07) is 10.2. The number of amides is 1. The van der Waals surface area contributed by atoms with Gasteiger partial charge in [-0.2, -0.15) is 4.31 Å². The molecule has 0 bridgehead atoms. The molecule has 0 spiro atoms. The van der Waals surface area contributed by atoms with Crippen LogP contribution in [-0.4, -0.2) is 58.1 Å². The van der Waals surface area contributed by atoms with Gasteiger partial charge in [-0.05, 0) is 61.7 Å². The van der Waals surface area contributed by atoms with Gasteiger partial charge >= 0.3 is 0 Å². The van der Waals surface area contributed by atoms with Gasteiger partial charge in [0.25, 0.3) is 5.91 Å². The Labute approximate surface area is 189 Å². The summed E-state index contributed by atoms with van der Waals surface area (Å²) in [7, 11) is -2.39. The monoisotopic (exact) mass is 462 g/mol. The lowest BCUT2D eigenvalue weighted by Crippen LogP contribution is -2.40. The van der Waals surface area contributed by atoms with Gasteiger partial charge in [-0.25, -0.2) is 8.42 Å². The fraction of sp³-hybridized carbons (Fsp3) is 0.435. The van der Waals surface area contributed by atoms with Crippen molar-refractivity contribution in [3.8, 4) is 11.5 Å². The topological polar surface area (TPSA) is 94.2 Å². The molecule has 0 unspecified atom stereocenters. The normalized spacial score (nSPS) is 15.8. The molecule has 3 rings (SSSR count). The van der Waals surface area contributed by atoms with E-state index >= 15 is 0 Å². The van der Waals surface area contributed by atoms with E-state index in [2.05, 4.69) is 5.32 Å². The number of methoxy groups -OCH3 is 1.